The fraction of sp³-hybridized carbons (Fsp3) is 0.800. The summed E-state index contributed by atoms with van der Waals surface area (Å²) in [5.74, 6) is 0. The summed E-state index contributed by atoms with van der Waals surface area (Å²) in [6.07, 6.45) is 29.4. The van der Waals surface area contributed by atoms with E-state index in [1.807, 2.05) is 0 Å². The van der Waals surface area contributed by atoms with Crippen LogP contribution in [-0.2, 0) is 19.3 Å². The maximum atomic E-state index is 2.41. The number of hydrogen-bond donors (Lipinski definition) is 0. The van der Waals surface area contributed by atoms with Gasteiger partial charge in [-0.3, -0.25) is 0 Å². The molecule has 0 heteroatoms. The lowest BCUT2D eigenvalue weighted by atomic mass is 9.92. The van der Waals surface area contributed by atoms with E-state index in [0.29, 0.717) is 0 Å². The van der Waals surface area contributed by atoms with Crippen LogP contribution in [0.3, 0.4) is 0 Å². The molecular formula is C30H54. The van der Waals surface area contributed by atoms with Crippen molar-refractivity contribution in [2.24, 2.45) is 0 Å². The van der Waals surface area contributed by atoms with Crippen molar-refractivity contribution in [3.63, 3.8) is 0 Å². The van der Waals surface area contributed by atoms with Crippen molar-refractivity contribution in [2.75, 3.05) is 0 Å². The van der Waals surface area contributed by atoms with E-state index in [1.165, 1.54) is 135 Å². The summed E-state index contributed by atoms with van der Waals surface area (Å²) < 4.78 is 0. The van der Waals surface area contributed by atoms with Crippen LogP contribution in [0.15, 0.2) is 18.2 Å². The van der Waals surface area contributed by atoms with Gasteiger partial charge in [0, 0.05) is 0 Å². The topological polar surface area (TPSA) is 0 Å². The summed E-state index contributed by atoms with van der Waals surface area (Å²) >= 11 is 0. The maximum absolute atomic E-state index is 2.41. The second-order valence-electron chi connectivity index (χ2n) is 9.57. The van der Waals surface area contributed by atoms with Gasteiger partial charge >= 0.3 is 0 Å². The smallest absolute Gasteiger partial charge is 0.0276 e. The minimum Gasteiger partial charge on any atom is -0.0654 e. The summed E-state index contributed by atoms with van der Waals surface area (Å²) in [6.45, 7) is 6.96. The van der Waals surface area contributed by atoms with E-state index in [-0.39, 0.29) is 0 Å². The minimum absolute atomic E-state index is 1.21. The largest absolute Gasteiger partial charge is 0.0654 e. The molecule has 0 aromatic heterocycles. The highest BCUT2D eigenvalue weighted by molar-refractivity contribution is 5.35. The predicted octanol–water partition coefficient (Wildman–Crippen LogP) is 10.4. The summed E-state index contributed by atoms with van der Waals surface area (Å²) in [5.41, 5.74) is 4.97. The Bertz CT molecular complexity index is 447. The number of rotatable bonds is 21. The fourth-order valence-corrected chi connectivity index (χ4v) is 4.86. The van der Waals surface area contributed by atoms with Crippen molar-refractivity contribution >= 4 is 0 Å². The van der Waals surface area contributed by atoms with Gasteiger partial charge in [0.1, 0.15) is 0 Å². The average molecular weight is 415 g/mol. The first-order valence-corrected chi connectivity index (χ1v) is 13.9. The van der Waals surface area contributed by atoms with E-state index in [4.69, 9.17) is 0 Å². The molecule has 0 nitrogen and oxygen atoms in total. The van der Waals surface area contributed by atoms with Crippen LogP contribution in [0.5, 0.6) is 0 Å². The first-order valence-electron chi connectivity index (χ1n) is 13.9. The molecule has 174 valence electrons. The van der Waals surface area contributed by atoms with Crippen LogP contribution in [0.1, 0.15) is 153 Å². The molecule has 0 aliphatic rings. The van der Waals surface area contributed by atoms with Gasteiger partial charge in [-0.25, -0.2) is 0 Å². The molecule has 0 saturated heterocycles. The molecule has 30 heavy (non-hydrogen) atoms. The van der Waals surface area contributed by atoms with Gasteiger partial charge in [-0.2, -0.15) is 0 Å². The lowest BCUT2D eigenvalue weighted by Gasteiger charge is -2.14. The fourth-order valence-electron chi connectivity index (χ4n) is 4.86. The van der Waals surface area contributed by atoms with E-state index in [2.05, 4.69) is 39.0 Å². The van der Waals surface area contributed by atoms with Gasteiger partial charge in [-0.1, -0.05) is 142 Å². The van der Waals surface area contributed by atoms with Gasteiger partial charge in [-0.15, -0.1) is 0 Å². The van der Waals surface area contributed by atoms with Gasteiger partial charge in [0.05, 0.1) is 0 Å². The molecule has 0 aliphatic carbocycles. The molecule has 1 aromatic carbocycles. The first-order chi connectivity index (χ1) is 14.8. The Balaban J connectivity index is 2.20. The highest BCUT2D eigenvalue weighted by Crippen LogP contribution is 2.21. The summed E-state index contributed by atoms with van der Waals surface area (Å²) in [7, 11) is 0. The molecule has 0 heterocycles. The molecule has 1 aromatic rings. The monoisotopic (exact) mass is 414 g/mol. The second-order valence-corrected chi connectivity index (χ2v) is 9.57. The lowest BCUT2D eigenvalue weighted by Crippen LogP contribution is -2.00. The van der Waals surface area contributed by atoms with Crippen molar-refractivity contribution < 1.29 is 0 Å². The molecule has 1 rings (SSSR count). The quantitative estimate of drug-likeness (QED) is 0.175. The highest BCUT2D eigenvalue weighted by atomic mass is 14.1. The van der Waals surface area contributed by atoms with Crippen LogP contribution in [0.25, 0.3) is 0 Å². The standard InChI is InChI=1S/C30H54/c1-4-7-9-11-13-15-17-19-21-24-28-26-23-27-29(30(28)6-3)25-22-20-18-16-14-12-10-8-5-2/h23,26-27H,4-22,24-25H2,1-3H3. The van der Waals surface area contributed by atoms with Crippen molar-refractivity contribution in [1.29, 1.82) is 0 Å². The van der Waals surface area contributed by atoms with Gasteiger partial charge in [0.2, 0.25) is 0 Å². The molecule has 0 saturated carbocycles. The number of unbranched alkanes of at least 4 members (excludes halogenated alkanes) is 16. The van der Waals surface area contributed by atoms with Crippen LogP contribution < -0.4 is 0 Å². The summed E-state index contributed by atoms with van der Waals surface area (Å²) in [5, 5.41) is 0. The van der Waals surface area contributed by atoms with Gasteiger partial charge in [-0.05, 0) is 48.8 Å². The van der Waals surface area contributed by atoms with Gasteiger partial charge < -0.3 is 0 Å². The minimum atomic E-state index is 1.21. The third-order valence-electron chi connectivity index (χ3n) is 6.82. The van der Waals surface area contributed by atoms with Crippen LogP contribution in [-0.4, -0.2) is 0 Å². The molecular weight excluding hydrogens is 360 g/mol. The summed E-state index contributed by atoms with van der Waals surface area (Å²) in [4.78, 5) is 0. The van der Waals surface area contributed by atoms with Crippen LogP contribution in [0, 0.1) is 0 Å². The van der Waals surface area contributed by atoms with Crippen molar-refractivity contribution in [1.82, 2.24) is 0 Å². The Kier molecular flexibility index (Phi) is 18.3. The van der Waals surface area contributed by atoms with Gasteiger partial charge in [0.15, 0.2) is 0 Å². The predicted molar refractivity (Wildman–Crippen MR) is 138 cm³/mol. The van der Waals surface area contributed by atoms with Crippen molar-refractivity contribution in [3.05, 3.63) is 34.9 Å². The second kappa shape index (κ2) is 20.1. The van der Waals surface area contributed by atoms with E-state index >= 15 is 0 Å². The van der Waals surface area contributed by atoms with Gasteiger partial charge in [0.25, 0.3) is 0 Å². The van der Waals surface area contributed by atoms with Crippen LogP contribution >= 0.6 is 0 Å². The van der Waals surface area contributed by atoms with Crippen LogP contribution in [0.2, 0.25) is 0 Å². The van der Waals surface area contributed by atoms with E-state index < -0.39 is 0 Å². The molecule has 0 aliphatic heterocycles. The lowest BCUT2D eigenvalue weighted by molar-refractivity contribution is 0.563. The zero-order valence-corrected chi connectivity index (χ0v) is 21.1. The average Bonchev–Trinajstić information content (AvgIpc) is 2.77. The number of hydrogen-bond acceptors (Lipinski definition) is 0. The van der Waals surface area contributed by atoms with E-state index in [9.17, 15) is 0 Å². The highest BCUT2D eigenvalue weighted by Gasteiger charge is 2.07. The maximum Gasteiger partial charge on any atom is -0.0276 e. The zero-order valence-electron chi connectivity index (χ0n) is 21.1. The van der Waals surface area contributed by atoms with Crippen LogP contribution in [0.4, 0.5) is 0 Å². The molecule has 0 atom stereocenters. The molecule has 0 spiro atoms. The third kappa shape index (κ3) is 13.5. The molecule has 0 bridgehead atoms. The Hall–Kier alpha value is -0.780. The first kappa shape index (κ1) is 27.3. The Morgan fingerprint density at radius 2 is 0.767 bits per heavy atom. The Labute approximate surface area is 190 Å². The molecule has 0 N–H and O–H groups in total. The third-order valence-corrected chi connectivity index (χ3v) is 6.82. The number of aryl methyl sites for hydroxylation is 2. The van der Waals surface area contributed by atoms with Crippen molar-refractivity contribution in [3.8, 4) is 0 Å². The SMILES string of the molecule is CCCCCCCCCCCc1cccc(CCCCCCCCCCC)c1CC. The molecule has 0 amide bonds. The Morgan fingerprint density at radius 3 is 1.10 bits per heavy atom. The van der Waals surface area contributed by atoms with E-state index in [0.717, 1.165) is 0 Å². The molecule has 0 radical (unpaired) electrons. The van der Waals surface area contributed by atoms with Crippen molar-refractivity contribution in [2.45, 2.75) is 156 Å². The summed E-state index contributed by atoms with van der Waals surface area (Å²) in [6, 6.07) is 7.14. The Morgan fingerprint density at radius 1 is 0.433 bits per heavy atom. The van der Waals surface area contributed by atoms with E-state index in [1.54, 1.807) is 16.7 Å². The molecule has 0 fully saturated rings. The normalized spacial score (nSPS) is 11.3. The zero-order chi connectivity index (χ0) is 21.7. The molecule has 0 unspecified atom stereocenters. The number of benzene rings is 1.